The van der Waals surface area contributed by atoms with Crippen LogP contribution in [0, 0.1) is 0 Å². The van der Waals surface area contributed by atoms with E-state index < -0.39 is 0 Å². The fourth-order valence-electron chi connectivity index (χ4n) is 1.39. The average molecular weight is 284 g/mol. The molecule has 0 aromatic heterocycles. The van der Waals surface area contributed by atoms with Crippen molar-refractivity contribution in [3.8, 4) is 0 Å². The number of nitrogen functional groups attached to an aromatic ring is 1. The molecule has 17 heavy (non-hydrogen) atoms. The summed E-state index contributed by atoms with van der Waals surface area (Å²) in [6.45, 7) is 0. The van der Waals surface area contributed by atoms with Crippen molar-refractivity contribution in [2.45, 2.75) is 10.6 Å². The Morgan fingerprint density at radius 2 is 1.71 bits per heavy atom. The molecule has 0 aliphatic rings. The summed E-state index contributed by atoms with van der Waals surface area (Å²) in [6, 6.07) is 13.5. The summed E-state index contributed by atoms with van der Waals surface area (Å²) >= 11 is 13.8. The summed E-state index contributed by atoms with van der Waals surface area (Å²) in [7, 11) is 0. The van der Waals surface area contributed by atoms with Gasteiger partial charge in [0.2, 0.25) is 0 Å². The van der Waals surface area contributed by atoms with E-state index in [1.165, 1.54) is 0 Å². The van der Waals surface area contributed by atoms with Crippen molar-refractivity contribution in [2.24, 2.45) is 0 Å². The third kappa shape index (κ3) is 3.32. The monoisotopic (exact) mass is 283 g/mol. The Hall–Kier alpha value is -0.830. The highest BCUT2D eigenvalue weighted by Gasteiger charge is 2.04. The first-order chi connectivity index (χ1) is 8.16. The number of hydrogen-bond donors (Lipinski definition) is 1. The van der Waals surface area contributed by atoms with Crippen molar-refractivity contribution >= 4 is 40.7 Å². The Labute approximate surface area is 115 Å². The maximum Gasteiger partial charge on any atom is 0.0632 e. The summed E-state index contributed by atoms with van der Waals surface area (Å²) < 4.78 is 0. The largest absolute Gasteiger partial charge is 0.399 e. The summed E-state index contributed by atoms with van der Waals surface area (Å²) in [6.07, 6.45) is 0. The molecule has 88 valence electrons. The molecule has 0 aliphatic heterocycles. The van der Waals surface area contributed by atoms with Gasteiger partial charge in [0.25, 0.3) is 0 Å². The predicted molar refractivity (Wildman–Crippen MR) is 76.9 cm³/mol. The molecular weight excluding hydrogens is 273 g/mol. The summed E-state index contributed by atoms with van der Waals surface area (Å²) in [5, 5.41) is 1.24. The minimum atomic E-state index is 0.599. The van der Waals surface area contributed by atoms with E-state index in [4.69, 9.17) is 28.9 Å². The molecule has 4 heteroatoms. The highest BCUT2D eigenvalue weighted by Crippen LogP contribution is 2.31. The van der Waals surface area contributed by atoms with Crippen molar-refractivity contribution < 1.29 is 0 Å². The molecular formula is C13H11Cl2NS. The molecule has 0 aliphatic carbocycles. The maximum absolute atomic E-state index is 6.12. The van der Waals surface area contributed by atoms with Gasteiger partial charge in [0.15, 0.2) is 0 Å². The van der Waals surface area contributed by atoms with Crippen LogP contribution in [0.5, 0.6) is 0 Å². The molecule has 1 nitrogen and oxygen atoms in total. The molecule has 2 aromatic carbocycles. The lowest BCUT2D eigenvalue weighted by Gasteiger charge is -2.05. The minimum absolute atomic E-state index is 0.599. The number of halogens is 2. The van der Waals surface area contributed by atoms with Gasteiger partial charge in [-0.1, -0.05) is 35.3 Å². The first-order valence-corrected chi connectivity index (χ1v) is 6.82. The van der Waals surface area contributed by atoms with Crippen molar-refractivity contribution in [3.63, 3.8) is 0 Å². The van der Waals surface area contributed by atoms with E-state index in [1.54, 1.807) is 17.8 Å². The van der Waals surface area contributed by atoms with Gasteiger partial charge in [-0.2, -0.15) is 0 Å². The molecule has 0 heterocycles. The summed E-state index contributed by atoms with van der Waals surface area (Å²) in [4.78, 5) is 1.16. The van der Waals surface area contributed by atoms with Crippen LogP contribution in [0.3, 0.4) is 0 Å². The van der Waals surface area contributed by atoms with Crippen LogP contribution in [-0.4, -0.2) is 0 Å². The van der Waals surface area contributed by atoms with Gasteiger partial charge in [-0.3, -0.25) is 0 Å². The van der Waals surface area contributed by atoms with Crippen molar-refractivity contribution in [3.05, 3.63) is 58.1 Å². The van der Waals surface area contributed by atoms with Crippen molar-refractivity contribution in [2.75, 3.05) is 5.73 Å². The molecule has 0 saturated carbocycles. The number of rotatable bonds is 3. The van der Waals surface area contributed by atoms with Crippen LogP contribution in [0.4, 0.5) is 5.69 Å². The van der Waals surface area contributed by atoms with Gasteiger partial charge in [-0.25, -0.2) is 0 Å². The van der Waals surface area contributed by atoms with Crippen LogP contribution >= 0.6 is 35.0 Å². The molecule has 0 spiro atoms. The van der Waals surface area contributed by atoms with E-state index in [2.05, 4.69) is 0 Å². The number of anilines is 1. The van der Waals surface area contributed by atoms with Gasteiger partial charge < -0.3 is 5.73 Å². The van der Waals surface area contributed by atoms with E-state index in [1.807, 2.05) is 36.4 Å². The highest BCUT2D eigenvalue weighted by molar-refractivity contribution is 7.98. The lowest BCUT2D eigenvalue weighted by molar-refractivity contribution is 1.38. The van der Waals surface area contributed by atoms with Crippen molar-refractivity contribution in [1.82, 2.24) is 0 Å². The van der Waals surface area contributed by atoms with E-state index >= 15 is 0 Å². The van der Waals surface area contributed by atoms with Crippen LogP contribution in [0.15, 0.2) is 47.4 Å². The number of benzene rings is 2. The average Bonchev–Trinajstić information content (AvgIpc) is 2.33. The van der Waals surface area contributed by atoms with Crippen LogP contribution in [0.2, 0.25) is 10.0 Å². The molecule has 0 radical (unpaired) electrons. The third-order valence-electron chi connectivity index (χ3n) is 2.31. The third-order valence-corrected chi connectivity index (χ3v) is 4.22. The normalized spacial score (nSPS) is 10.5. The second-order valence-electron chi connectivity index (χ2n) is 3.57. The summed E-state index contributed by atoms with van der Waals surface area (Å²) in [5.41, 5.74) is 7.45. The zero-order valence-electron chi connectivity index (χ0n) is 8.99. The molecule has 0 atom stereocenters. The van der Waals surface area contributed by atoms with Gasteiger partial charge in [0.05, 0.1) is 10.0 Å². The Balaban J connectivity index is 2.07. The molecule has 0 saturated heterocycles. The van der Waals surface area contributed by atoms with Crippen LogP contribution in [0.25, 0.3) is 0 Å². The van der Waals surface area contributed by atoms with Gasteiger partial charge in [0.1, 0.15) is 0 Å². The standard InChI is InChI=1S/C13H11Cl2NS/c14-12-3-1-2-9(13(12)15)8-17-11-6-4-10(16)5-7-11/h1-7H,8,16H2. The Morgan fingerprint density at radius 1 is 1.00 bits per heavy atom. The van der Waals surface area contributed by atoms with Gasteiger partial charge in [-0.15, -0.1) is 11.8 Å². The Kier molecular flexibility index (Phi) is 4.21. The zero-order valence-corrected chi connectivity index (χ0v) is 11.3. The van der Waals surface area contributed by atoms with E-state index in [0.29, 0.717) is 10.0 Å². The molecule has 0 amide bonds. The molecule has 2 aromatic rings. The molecule has 2 rings (SSSR count). The number of thioether (sulfide) groups is 1. The van der Waals surface area contributed by atoms with Crippen LogP contribution in [0.1, 0.15) is 5.56 Å². The molecule has 0 bridgehead atoms. The lowest BCUT2D eigenvalue weighted by Crippen LogP contribution is -1.85. The first-order valence-electron chi connectivity index (χ1n) is 5.08. The fourth-order valence-corrected chi connectivity index (χ4v) is 2.74. The van der Waals surface area contributed by atoms with Crippen molar-refractivity contribution in [1.29, 1.82) is 0 Å². The quantitative estimate of drug-likeness (QED) is 0.643. The number of hydrogen-bond acceptors (Lipinski definition) is 2. The fraction of sp³-hybridized carbons (Fsp3) is 0.0769. The predicted octanol–water partition coefficient (Wildman–Crippen LogP) is 4.87. The molecule has 2 N–H and O–H groups in total. The van der Waals surface area contributed by atoms with E-state index in [0.717, 1.165) is 21.9 Å². The SMILES string of the molecule is Nc1ccc(SCc2cccc(Cl)c2Cl)cc1. The first kappa shape index (κ1) is 12.6. The topological polar surface area (TPSA) is 26.0 Å². The second kappa shape index (κ2) is 5.67. The maximum atomic E-state index is 6.12. The lowest BCUT2D eigenvalue weighted by atomic mass is 10.2. The molecule has 0 fully saturated rings. The zero-order chi connectivity index (χ0) is 12.3. The minimum Gasteiger partial charge on any atom is -0.399 e. The smallest absolute Gasteiger partial charge is 0.0632 e. The number of nitrogens with two attached hydrogens (primary N) is 1. The van der Waals surface area contributed by atoms with Gasteiger partial charge in [-0.05, 0) is 35.9 Å². The van der Waals surface area contributed by atoms with Gasteiger partial charge in [0, 0.05) is 16.3 Å². The van der Waals surface area contributed by atoms with Gasteiger partial charge >= 0.3 is 0 Å². The molecule has 0 unspecified atom stereocenters. The van der Waals surface area contributed by atoms with Crippen LogP contribution in [-0.2, 0) is 5.75 Å². The van der Waals surface area contributed by atoms with E-state index in [9.17, 15) is 0 Å². The van der Waals surface area contributed by atoms with E-state index in [-0.39, 0.29) is 0 Å². The Morgan fingerprint density at radius 3 is 2.41 bits per heavy atom. The summed E-state index contributed by atoms with van der Waals surface area (Å²) in [5.74, 6) is 0.795. The Bertz CT molecular complexity index is 511. The highest BCUT2D eigenvalue weighted by atomic mass is 35.5. The van der Waals surface area contributed by atoms with Crippen LogP contribution < -0.4 is 5.73 Å². The second-order valence-corrected chi connectivity index (χ2v) is 5.40.